The van der Waals surface area contributed by atoms with Crippen LogP contribution in [0.2, 0.25) is 0 Å². The van der Waals surface area contributed by atoms with Gasteiger partial charge in [-0.2, -0.15) is 0 Å². The van der Waals surface area contributed by atoms with Crippen molar-refractivity contribution >= 4 is 0 Å². The highest BCUT2D eigenvalue weighted by atomic mass is 19.2. The Kier molecular flexibility index (Phi) is 3.47. The lowest BCUT2D eigenvalue weighted by Gasteiger charge is -2.13. The van der Waals surface area contributed by atoms with Crippen LogP contribution in [0.4, 0.5) is 8.78 Å². The molecule has 18 heavy (non-hydrogen) atoms. The van der Waals surface area contributed by atoms with Crippen LogP contribution in [-0.4, -0.2) is 9.55 Å². The van der Waals surface area contributed by atoms with Gasteiger partial charge in [-0.25, -0.2) is 18.6 Å². The van der Waals surface area contributed by atoms with E-state index in [1.165, 1.54) is 23.0 Å². The molecule has 0 aliphatic rings. The van der Waals surface area contributed by atoms with E-state index in [1.54, 1.807) is 6.07 Å². The van der Waals surface area contributed by atoms with E-state index < -0.39 is 23.4 Å². The first-order valence-corrected chi connectivity index (χ1v) is 5.30. The molecule has 0 fully saturated rings. The first-order valence-electron chi connectivity index (χ1n) is 5.30. The second kappa shape index (κ2) is 5.05. The van der Waals surface area contributed by atoms with Crippen molar-refractivity contribution in [2.75, 3.05) is 0 Å². The third-order valence-electron chi connectivity index (χ3n) is 2.55. The Bertz CT molecular complexity index is 612. The molecule has 2 rings (SSSR count). The zero-order chi connectivity index (χ0) is 13.1. The third-order valence-corrected chi connectivity index (χ3v) is 2.55. The lowest BCUT2D eigenvalue weighted by Crippen LogP contribution is -2.27. The molecule has 0 amide bonds. The number of rotatable bonds is 3. The second-order valence-electron chi connectivity index (χ2n) is 3.83. The fourth-order valence-electron chi connectivity index (χ4n) is 1.59. The molecule has 0 bridgehead atoms. The maximum Gasteiger partial charge on any atom is 0.347 e. The smallest absolute Gasteiger partial charge is 0.322 e. The predicted molar refractivity (Wildman–Crippen MR) is 61.8 cm³/mol. The summed E-state index contributed by atoms with van der Waals surface area (Å²) >= 11 is 0. The molecule has 0 aliphatic heterocycles. The van der Waals surface area contributed by atoms with Crippen LogP contribution >= 0.6 is 0 Å². The SMILES string of the molecule is NC(Cn1cccnc1=O)c1ccc(F)c(F)c1. The summed E-state index contributed by atoms with van der Waals surface area (Å²) in [6, 6.07) is 4.42. The Morgan fingerprint density at radius 2 is 2.11 bits per heavy atom. The normalized spacial score (nSPS) is 12.4. The summed E-state index contributed by atoms with van der Waals surface area (Å²) in [6.45, 7) is 0.151. The zero-order valence-corrected chi connectivity index (χ0v) is 9.38. The monoisotopic (exact) mass is 251 g/mol. The van der Waals surface area contributed by atoms with Crippen LogP contribution in [-0.2, 0) is 6.54 Å². The van der Waals surface area contributed by atoms with Gasteiger partial charge in [0.05, 0.1) is 0 Å². The number of benzene rings is 1. The van der Waals surface area contributed by atoms with Gasteiger partial charge < -0.3 is 5.73 Å². The van der Waals surface area contributed by atoms with Crippen LogP contribution in [0.5, 0.6) is 0 Å². The van der Waals surface area contributed by atoms with Crippen LogP contribution in [0.25, 0.3) is 0 Å². The number of aromatic nitrogens is 2. The van der Waals surface area contributed by atoms with Crippen molar-refractivity contribution < 1.29 is 8.78 Å². The highest BCUT2D eigenvalue weighted by Gasteiger charge is 2.11. The lowest BCUT2D eigenvalue weighted by molar-refractivity contribution is 0.499. The minimum Gasteiger partial charge on any atom is -0.322 e. The van der Waals surface area contributed by atoms with Crippen molar-refractivity contribution in [3.63, 3.8) is 0 Å². The highest BCUT2D eigenvalue weighted by molar-refractivity contribution is 5.20. The van der Waals surface area contributed by atoms with E-state index in [1.807, 2.05) is 0 Å². The number of hydrogen-bond donors (Lipinski definition) is 1. The van der Waals surface area contributed by atoms with E-state index in [0.29, 0.717) is 5.56 Å². The van der Waals surface area contributed by atoms with E-state index in [9.17, 15) is 13.6 Å². The summed E-state index contributed by atoms with van der Waals surface area (Å²) in [5.74, 6) is -1.88. The van der Waals surface area contributed by atoms with Gasteiger partial charge in [-0.05, 0) is 23.8 Å². The van der Waals surface area contributed by atoms with E-state index in [4.69, 9.17) is 5.73 Å². The average molecular weight is 251 g/mol. The molecule has 0 aliphatic carbocycles. The predicted octanol–water partition coefficient (Wildman–Crippen LogP) is 1.22. The van der Waals surface area contributed by atoms with Gasteiger partial charge >= 0.3 is 5.69 Å². The van der Waals surface area contributed by atoms with Gasteiger partial charge in [0.15, 0.2) is 11.6 Å². The van der Waals surface area contributed by atoms with Crippen molar-refractivity contribution in [1.82, 2.24) is 9.55 Å². The minimum atomic E-state index is -0.957. The summed E-state index contributed by atoms with van der Waals surface area (Å²) < 4.78 is 27.1. The van der Waals surface area contributed by atoms with Gasteiger partial charge in [0.25, 0.3) is 0 Å². The molecule has 2 N–H and O–H groups in total. The molecule has 1 aromatic heterocycles. The molecule has 0 spiro atoms. The maximum absolute atomic E-state index is 13.0. The molecule has 0 saturated carbocycles. The molecule has 4 nitrogen and oxygen atoms in total. The molecule has 1 atom stereocenters. The minimum absolute atomic E-state index is 0.151. The Hall–Kier alpha value is -2.08. The van der Waals surface area contributed by atoms with Crippen LogP contribution in [0.1, 0.15) is 11.6 Å². The topological polar surface area (TPSA) is 60.9 Å². The maximum atomic E-state index is 13.0. The van der Waals surface area contributed by atoms with Crippen molar-refractivity contribution in [3.05, 3.63) is 64.3 Å². The standard InChI is InChI=1S/C12H11F2N3O/c13-9-3-2-8(6-10(9)14)11(15)7-17-5-1-4-16-12(17)18/h1-6,11H,7,15H2. The molecule has 0 saturated heterocycles. The number of hydrogen-bond acceptors (Lipinski definition) is 3. The van der Waals surface area contributed by atoms with E-state index >= 15 is 0 Å². The Labute approximate surface area is 102 Å². The summed E-state index contributed by atoms with van der Waals surface area (Å²) in [4.78, 5) is 14.9. The average Bonchev–Trinajstić information content (AvgIpc) is 2.35. The molecule has 2 aromatic rings. The highest BCUT2D eigenvalue weighted by Crippen LogP contribution is 2.15. The van der Waals surface area contributed by atoms with Gasteiger partial charge in [0.2, 0.25) is 0 Å². The molecule has 1 unspecified atom stereocenters. The molecule has 6 heteroatoms. The molecular formula is C12H11F2N3O. The van der Waals surface area contributed by atoms with Crippen molar-refractivity contribution in [3.8, 4) is 0 Å². The lowest BCUT2D eigenvalue weighted by atomic mass is 10.1. The van der Waals surface area contributed by atoms with Crippen molar-refractivity contribution in [2.45, 2.75) is 12.6 Å². The Morgan fingerprint density at radius 1 is 1.33 bits per heavy atom. The van der Waals surface area contributed by atoms with Gasteiger partial charge in [-0.15, -0.1) is 0 Å². The third kappa shape index (κ3) is 2.60. The number of nitrogens with two attached hydrogens (primary N) is 1. The van der Waals surface area contributed by atoms with Crippen LogP contribution in [0.15, 0.2) is 41.5 Å². The second-order valence-corrected chi connectivity index (χ2v) is 3.83. The van der Waals surface area contributed by atoms with Crippen LogP contribution in [0, 0.1) is 11.6 Å². The fraction of sp³-hybridized carbons (Fsp3) is 0.167. The van der Waals surface area contributed by atoms with Crippen molar-refractivity contribution in [2.24, 2.45) is 5.73 Å². The summed E-state index contributed by atoms with van der Waals surface area (Å²) in [5.41, 5.74) is 5.82. The van der Waals surface area contributed by atoms with Crippen LogP contribution in [0.3, 0.4) is 0 Å². The van der Waals surface area contributed by atoms with E-state index in [-0.39, 0.29) is 6.54 Å². The molecule has 0 radical (unpaired) electrons. The van der Waals surface area contributed by atoms with Crippen molar-refractivity contribution in [1.29, 1.82) is 0 Å². The summed E-state index contributed by atoms with van der Waals surface area (Å²) in [5, 5.41) is 0. The first kappa shape index (κ1) is 12.4. The molecule has 1 heterocycles. The Balaban J connectivity index is 2.22. The van der Waals surface area contributed by atoms with Gasteiger partial charge in [-0.1, -0.05) is 6.07 Å². The summed E-state index contributed by atoms with van der Waals surface area (Å²) in [6.07, 6.45) is 2.91. The van der Waals surface area contributed by atoms with Gasteiger partial charge in [-0.3, -0.25) is 4.57 Å². The molecule has 1 aromatic carbocycles. The number of halogens is 2. The van der Waals surface area contributed by atoms with Crippen LogP contribution < -0.4 is 11.4 Å². The molecule has 94 valence electrons. The largest absolute Gasteiger partial charge is 0.347 e. The van der Waals surface area contributed by atoms with Gasteiger partial charge in [0, 0.05) is 25.0 Å². The Morgan fingerprint density at radius 3 is 2.78 bits per heavy atom. The van der Waals surface area contributed by atoms with Gasteiger partial charge in [0.1, 0.15) is 0 Å². The summed E-state index contributed by atoms with van der Waals surface area (Å²) in [7, 11) is 0. The molecular weight excluding hydrogens is 240 g/mol. The quantitative estimate of drug-likeness (QED) is 0.892. The van der Waals surface area contributed by atoms with E-state index in [0.717, 1.165) is 12.1 Å². The number of nitrogens with zero attached hydrogens (tertiary/aromatic N) is 2. The zero-order valence-electron chi connectivity index (χ0n) is 9.38. The first-order chi connectivity index (χ1) is 8.58. The van der Waals surface area contributed by atoms with E-state index in [2.05, 4.69) is 4.98 Å². The fourth-order valence-corrected chi connectivity index (χ4v) is 1.59.